The Hall–Kier alpha value is -0.960. The molecule has 0 unspecified atom stereocenters. The van der Waals surface area contributed by atoms with E-state index in [2.05, 4.69) is 32.5 Å². The van der Waals surface area contributed by atoms with E-state index in [4.69, 9.17) is 0 Å². The SMILES string of the molecule is C=c1cccn/c1=C(\C)N=CCBr. The van der Waals surface area contributed by atoms with Crippen molar-refractivity contribution in [3.05, 3.63) is 28.9 Å². The molecule has 1 aromatic rings. The topological polar surface area (TPSA) is 25.2 Å². The molecule has 3 heteroatoms. The summed E-state index contributed by atoms with van der Waals surface area (Å²) in [7, 11) is 0. The summed E-state index contributed by atoms with van der Waals surface area (Å²) in [5.74, 6) is 0. The van der Waals surface area contributed by atoms with Gasteiger partial charge in [-0.15, -0.1) is 0 Å². The minimum atomic E-state index is 0.754. The summed E-state index contributed by atoms with van der Waals surface area (Å²) in [6, 6.07) is 3.79. The van der Waals surface area contributed by atoms with Crippen LogP contribution in [0.4, 0.5) is 0 Å². The average Bonchev–Trinajstić information content (AvgIpc) is 2.15. The van der Waals surface area contributed by atoms with Crippen molar-refractivity contribution in [3.63, 3.8) is 0 Å². The van der Waals surface area contributed by atoms with E-state index in [1.807, 2.05) is 19.1 Å². The van der Waals surface area contributed by atoms with E-state index in [1.54, 1.807) is 12.4 Å². The van der Waals surface area contributed by atoms with Crippen LogP contribution in [-0.4, -0.2) is 16.5 Å². The van der Waals surface area contributed by atoms with Gasteiger partial charge < -0.3 is 0 Å². The number of rotatable bonds is 2. The van der Waals surface area contributed by atoms with Gasteiger partial charge in [-0.2, -0.15) is 0 Å². The summed E-state index contributed by atoms with van der Waals surface area (Å²) in [6.07, 6.45) is 3.54. The highest BCUT2D eigenvalue weighted by Gasteiger charge is 1.88. The third-order valence-electron chi connectivity index (χ3n) is 1.59. The molecule has 0 aliphatic heterocycles. The molecule has 0 fully saturated rings. The van der Waals surface area contributed by atoms with E-state index >= 15 is 0 Å². The van der Waals surface area contributed by atoms with Crippen molar-refractivity contribution in [2.24, 2.45) is 4.99 Å². The molecule has 0 atom stereocenters. The Kier molecular flexibility index (Phi) is 3.83. The molecule has 0 aromatic carbocycles. The molecule has 13 heavy (non-hydrogen) atoms. The van der Waals surface area contributed by atoms with E-state index in [-0.39, 0.29) is 0 Å². The summed E-state index contributed by atoms with van der Waals surface area (Å²) in [4.78, 5) is 8.42. The lowest BCUT2D eigenvalue weighted by Gasteiger charge is -1.91. The molecule has 1 heterocycles. The van der Waals surface area contributed by atoms with Crippen LogP contribution >= 0.6 is 15.9 Å². The highest BCUT2D eigenvalue weighted by molar-refractivity contribution is 9.09. The van der Waals surface area contributed by atoms with Crippen molar-refractivity contribution in [2.45, 2.75) is 6.92 Å². The maximum atomic E-state index is 4.22. The van der Waals surface area contributed by atoms with Gasteiger partial charge in [0.25, 0.3) is 0 Å². The molecule has 0 bridgehead atoms. The molecule has 0 aliphatic carbocycles. The van der Waals surface area contributed by atoms with Gasteiger partial charge in [0, 0.05) is 17.7 Å². The Balaban J connectivity index is 3.25. The van der Waals surface area contributed by atoms with Crippen LogP contribution < -0.4 is 10.6 Å². The van der Waals surface area contributed by atoms with Crippen molar-refractivity contribution >= 4 is 34.4 Å². The number of hydrogen-bond acceptors (Lipinski definition) is 2. The van der Waals surface area contributed by atoms with Crippen LogP contribution in [0.5, 0.6) is 0 Å². The molecule has 68 valence electrons. The third-order valence-corrected chi connectivity index (χ3v) is 1.88. The standard InChI is InChI=1S/C10H11BrN2/c1-8-4-3-6-13-10(8)9(2)12-7-5-11/h3-4,6-7H,1,5H2,2H3/b10-9+,12-7?. The predicted molar refractivity (Wildman–Crippen MR) is 60.4 cm³/mol. The maximum Gasteiger partial charge on any atom is 0.0907 e. The predicted octanol–water partition coefficient (Wildman–Crippen LogP) is 1.09. The van der Waals surface area contributed by atoms with Crippen LogP contribution in [0.1, 0.15) is 6.92 Å². The van der Waals surface area contributed by atoms with Crippen LogP contribution in [-0.2, 0) is 0 Å². The fourth-order valence-corrected chi connectivity index (χ4v) is 1.14. The molecular formula is C10H11BrN2. The molecule has 0 saturated heterocycles. The van der Waals surface area contributed by atoms with E-state index < -0.39 is 0 Å². The van der Waals surface area contributed by atoms with Gasteiger partial charge in [0.1, 0.15) is 0 Å². The van der Waals surface area contributed by atoms with Crippen LogP contribution in [0.2, 0.25) is 0 Å². The quantitative estimate of drug-likeness (QED) is 0.560. The normalized spacial score (nSPS) is 13.4. The highest BCUT2D eigenvalue weighted by atomic mass is 79.9. The third kappa shape index (κ3) is 2.77. The Morgan fingerprint density at radius 1 is 1.77 bits per heavy atom. The van der Waals surface area contributed by atoms with Crippen LogP contribution in [0.25, 0.3) is 12.3 Å². The minimum Gasteiger partial charge on any atom is -0.263 e. The number of aliphatic imine (C=N–C) groups is 1. The molecule has 0 saturated carbocycles. The number of aromatic nitrogens is 1. The lowest BCUT2D eigenvalue weighted by atomic mass is 10.3. The average molecular weight is 239 g/mol. The largest absolute Gasteiger partial charge is 0.263 e. The van der Waals surface area contributed by atoms with E-state index in [0.29, 0.717) is 0 Å². The number of nitrogens with zero attached hydrogens (tertiary/aromatic N) is 2. The van der Waals surface area contributed by atoms with Gasteiger partial charge in [-0.05, 0) is 18.2 Å². The Morgan fingerprint density at radius 2 is 2.54 bits per heavy atom. The molecule has 0 radical (unpaired) electrons. The fraction of sp³-hybridized carbons (Fsp3) is 0.200. The fourth-order valence-electron chi connectivity index (χ4n) is 0.997. The number of halogens is 1. The van der Waals surface area contributed by atoms with E-state index in [1.165, 1.54) is 0 Å². The summed E-state index contributed by atoms with van der Waals surface area (Å²) in [6.45, 7) is 5.81. The van der Waals surface area contributed by atoms with Crippen LogP contribution in [0.3, 0.4) is 0 Å². The highest BCUT2D eigenvalue weighted by Crippen LogP contribution is 1.89. The minimum absolute atomic E-state index is 0.754. The molecule has 1 aromatic heterocycles. The Labute approximate surface area is 85.9 Å². The van der Waals surface area contributed by atoms with Crippen molar-refractivity contribution < 1.29 is 0 Å². The first-order valence-electron chi connectivity index (χ1n) is 3.95. The van der Waals surface area contributed by atoms with E-state index in [0.717, 1.165) is 21.6 Å². The zero-order chi connectivity index (χ0) is 9.68. The molecule has 1 rings (SSSR count). The molecule has 0 spiro atoms. The lowest BCUT2D eigenvalue weighted by molar-refractivity contribution is 1.19. The lowest BCUT2D eigenvalue weighted by Crippen LogP contribution is -2.27. The van der Waals surface area contributed by atoms with E-state index in [9.17, 15) is 0 Å². The summed E-state index contributed by atoms with van der Waals surface area (Å²) < 4.78 is 0. The summed E-state index contributed by atoms with van der Waals surface area (Å²) >= 11 is 3.27. The number of pyridine rings is 1. The van der Waals surface area contributed by atoms with Gasteiger partial charge in [-0.1, -0.05) is 28.6 Å². The van der Waals surface area contributed by atoms with Crippen molar-refractivity contribution in [1.29, 1.82) is 0 Å². The first-order valence-corrected chi connectivity index (χ1v) is 5.07. The molecule has 0 N–H and O–H groups in total. The van der Waals surface area contributed by atoms with Crippen molar-refractivity contribution in [2.75, 3.05) is 5.33 Å². The maximum absolute atomic E-state index is 4.22. The van der Waals surface area contributed by atoms with Gasteiger partial charge in [0.15, 0.2) is 0 Å². The Bertz CT molecular complexity index is 409. The van der Waals surface area contributed by atoms with Gasteiger partial charge >= 0.3 is 0 Å². The van der Waals surface area contributed by atoms with Gasteiger partial charge in [0.2, 0.25) is 0 Å². The molecular weight excluding hydrogens is 228 g/mol. The van der Waals surface area contributed by atoms with Crippen LogP contribution in [0, 0.1) is 0 Å². The summed E-state index contributed by atoms with van der Waals surface area (Å²) in [5, 5.41) is 2.52. The van der Waals surface area contributed by atoms with Gasteiger partial charge in [-0.25, -0.2) is 0 Å². The first kappa shape index (κ1) is 10.1. The smallest absolute Gasteiger partial charge is 0.0907 e. The summed E-state index contributed by atoms with van der Waals surface area (Å²) in [5.41, 5.74) is 0.894. The first-order chi connectivity index (χ1) is 6.25. The second kappa shape index (κ2) is 4.92. The number of hydrogen-bond donors (Lipinski definition) is 0. The zero-order valence-electron chi connectivity index (χ0n) is 7.50. The molecule has 0 amide bonds. The second-order valence-corrected chi connectivity index (χ2v) is 3.21. The monoisotopic (exact) mass is 238 g/mol. The molecule has 0 aliphatic rings. The molecule has 2 nitrogen and oxygen atoms in total. The van der Waals surface area contributed by atoms with Crippen molar-refractivity contribution in [3.8, 4) is 0 Å². The number of alkyl halides is 1. The zero-order valence-corrected chi connectivity index (χ0v) is 9.08. The Morgan fingerprint density at radius 3 is 3.15 bits per heavy atom. The van der Waals surface area contributed by atoms with Crippen molar-refractivity contribution in [1.82, 2.24) is 4.98 Å². The van der Waals surface area contributed by atoms with Crippen LogP contribution in [0.15, 0.2) is 23.3 Å². The second-order valence-electron chi connectivity index (χ2n) is 2.56. The van der Waals surface area contributed by atoms with Gasteiger partial charge in [0.05, 0.1) is 11.0 Å². The van der Waals surface area contributed by atoms with Gasteiger partial charge in [-0.3, -0.25) is 9.98 Å².